The second-order valence-electron chi connectivity index (χ2n) is 11.1. The van der Waals surface area contributed by atoms with E-state index in [0.29, 0.717) is 24.0 Å². The summed E-state index contributed by atoms with van der Waals surface area (Å²) < 4.78 is 76.7. The molecule has 3 aromatic heterocycles. The highest BCUT2D eigenvalue weighted by molar-refractivity contribution is 5.96. The summed E-state index contributed by atoms with van der Waals surface area (Å²) >= 11 is 0. The molecule has 0 spiro atoms. The van der Waals surface area contributed by atoms with E-state index in [1.165, 1.54) is 23.2 Å². The number of nitrogens with one attached hydrogen (secondary N) is 2. The Kier molecular flexibility index (Phi) is 7.96. The van der Waals surface area contributed by atoms with E-state index in [0.717, 1.165) is 4.57 Å². The van der Waals surface area contributed by atoms with Gasteiger partial charge in [0.2, 0.25) is 11.7 Å². The molecule has 2 N–H and O–H groups in total. The summed E-state index contributed by atoms with van der Waals surface area (Å²) in [6, 6.07) is 5.87. The lowest BCUT2D eigenvalue weighted by atomic mass is 10.0. The Morgan fingerprint density at radius 2 is 2.02 bits per heavy atom. The molecule has 10 nitrogen and oxygen atoms in total. The molecule has 4 heterocycles. The molecule has 2 atom stereocenters. The molecular weight excluding hydrogens is 563 g/mol. The summed E-state index contributed by atoms with van der Waals surface area (Å²) in [6.07, 6.45) is -2.40. The van der Waals surface area contributed by atoms with Crippen LogP contribution in [0.2, 0.25) is 0 Å². The summed E-state index contributed by atoms with van der Waals surface area (Å²) in [5.74, 6) is -0.733. The molecule has 226 valence electrons. The zero-order chi connectivity index (χ0) is 30.2. The number of carbonyl (C=O) groups excluding carboxylic acids is 1. The van der Waals surface area contributed by atoms with E-state index in [1.54, 1.807) is 32.0 Å². The van der Waals surface area contributed by atoms with E-state index < -0.39 is 43.1 Å². The number of amides is 1. The van der Waals surface area contributed by atoms with Crippen LogP contribution in [0.15, 0.2) is 41.3 Å². The number of piperidine rings is 1. The molecule has 4 aromatic rings. The number of fused-ring (bicyclic) bond motifs is 1. The largest absolute Gasteiger partial charge is 0.406 e. The number of imidazole rings is 1. The van der Waals surface area contributed by atoms with Gasteiger partial charge in [-0.05, 0) is 45.5 Å². The van der Waals surface area contributed by atoms with Gasteiger partial charge >= 0.3 is 6.18 Å². The number of carbonyl (C=O) groups is 1. The Morgan fingerprint density at radius 1 is 1.24 bits per heavy atom. The summed E-state index contributed by atoms with van der Waals surface area (Å²) in [7, 11) is 1.83. The molecule has 1 aromatic carbocycles. The van der Waals surface area contributed by atoms with Crippen molar-refractivity contribution in [3.63, 3.8) is 0 Å². The molecule has 0 aliphatic carbocycles. The first-order valence-corrected chi connectivity index (χ1v) is 13.3. The predicted molar refractivity (Wildman–Crippen MR) is 144 cm³/mol. The van der Waals surface area contributed by atoms with Gasteiger partial charge in [0.15, 0.2) is 0 Å². The van der Waals surface area contributed by atoms with Gasteiger partial charge in [0.25, 0.3) is 5.91 Å². The quantitative estimate of drug-likeness (QED) is 0.274. The summed E-state index contributed by atoms with van der Waals surface area (Å²) in [5.41, 5.74) is -0.0231. The van der Waals surface area contributed by atoms with Crippen LogP contribution in [0.1, 0.15) is 36.6 Å². The Bertz CT molecular complexity index is 1560. The zero-order valence-corrected chi connectivity index (χ0v) is 23.3. The van der Waals surface area contributed by atoms with Gasteiger partial charge < -0.3 is 29.2 Å². The van der Waals surface area contributed by atoms with Crippen LogP contribution in [-0.4, -0.2) is 80.3 Å². The third kappa shape index (κ3) is 6.25. The third-order valence-corrected chi connectivity index (χ3v) is 7.31. The molecule has 0 radical (unpaired) electrons. The van der Waals surface area contributed by atoms with Crippen molar-refractivity contribution >= 4 is 22.5 Å². The average molecular weight is 595 g/mol. The van der Waals surface area contributed by atoms with Gasteiger partial charge in [-0.3, -0.25) is 4.79 Å². The zero-order valence-electron chi connectivity index (χ0n) is 23.3. The second kappa shape index (κ2) is 11.3. The van der Waals surface area contributed by atoms with E-state index in [-0.39, 0.29) is 41.7 Å². The van der Waals surface area contributed by atoms with E-state index >= 15 is 0 Å². The predicted octanol–water partition coefficient (Wildman–Crippen LogP) is 4.54. The first-order chi connectivity index (χ1) is 19.8. The van der Waals surface area contributed by atoms with Crippen LogP contribution < -0.4 is 10.6 Å². The standard InChI is InChI=1S/C27H31F5N8O2/c1-26(2,13-28)39-12-20(34-15-39)25(41)33-10-23-36-24(37-42-23)22-9-16-18(35-19-7-8-38(3)11-17(19)29)5-4-6-21(16)40(22)14-27(30,31)32/h4-6,9,12,15,17,19,35H,7-8,10-11,13-14H2,1-3H3,(H,33,41)/t17-,19+/m0/s1. The van der Waals surface area contributed by atoms with Crippen molar-refractivity contribution in [2.45, 2.75) is 57.3 Å². The maximum atomic E-state index is 14.7. The van der Waals surface area contributed by atoms with Crippen molar-refractivity contribution in [1.82, 2.24) is 34.5 Å². The van der Waals surface area contributed by atoms with Gasteiger partial charge in [-0.2, -0.15) is 18.2 Å². The van der Waals surface area contributed by atoms with E-state index in [4.69, 9.17) is 4.52 Å². The van der Waals surface area contributed by atoms with Crippen LogP contribution >= 0.6 is 0 Å². The van der Waals surface area contributed by atoms with Gasteiger partial charge in [0.05, 0.1) is 35.7 Å². The van der Waals surface area contributed by atoms with Crippen molar-refractivity contribution < 1.29 is 31.3 Å². The first-order valence-electron chi connectivity index (χ1n) is 13.3. The number of anilines is 1. The molecule has 15 heteroatoms. The lowest BCUT2D eigenvalue weighted by molar-refractivity contribution is -0.139. The van der Waals surface area contributed by atoms with Crippen LogP contribution in [0.3, 0.4) is 0 Å². The van der Waals surface area contributed by atoms with Crippen molar-refractivity contribution in [2.75, 3.05) is 32.1 Å². The number of hydrogen-bond donors (Lipinski definition) is 2. The summed E-state index contributed by atoms with van der Waals surface area (Å²) in [4.78, 5) is 22.7. The molecule has 1 amide bonds. The highest BCUT2D eigenvalue weighted by Gasteiger charge is 2.32. The molecule has 42 heavy (non-hydrogen) atoms. The van der Waals surface area contributed by atoms with E-state index in [1.807, 2.05) is 11.9 Å². The molecule has 1 fully saturated rings. The number of aromatic nitrogens is 5. The normalized spacial score (nSPS) is 18.5. The smallest absolute Gasteiger partial charge is 0.379 e. The minimum absolute atomic E-state index is 0.0433. The SMILES string of the molecule is CN1CC[C@@H](Nc2cccc3c2cc(-c2noc(CNC(=O)c4cn(C(C)(C)CF)cn4)n2)n3CC(F)(F)F)[C@@H](F)C1. The van der Waals surface area contributed by atoms with Crippen molar-refractivity contribution in [2.24, 2.45) is 0 Å². The first kappa shape index (κ1) is 29.5. The number of nitrogens with zero attached hydrogens (tertiary/aromatic N) is 6. The minimum Gasteiger partial charge on any atom is -0.379 e. The van der Waals surface area contributed by atoms with Crippen LogP contribution in [0.4, 0.5) is 27.6 Å². The number of hydrogen-bond acceptors (Lipinski definition) is 7. The molecular formula is C27H31F5N8O2. The van der Waals surface area contributed by atoms with Gasteiger partial charge in [-0.25, -0.2) is 13.8 Å². The molecule has 0 bridgehead atoms. The number of halogens is 5. The average Bonchev–Trinajstić information content (AvgIpc) is 3.68. The molecule has 0 saturated carbocycles. The van der Waals surface area contributed by atoms with E-state index in [2.05, 4.69) is 25.8 Å². The lowest BCUT2D eigenvalue weighted by Crippen LogP contribution is -2.46. The minimum atomic E-state index is -4.55. The van der Waals surface area contributed by atoms with Crippen LogP contribution in [0, 0.1) is 0 Å². The number of alkyl halides is 5. The summed E-state index contributed by atoms with van der Waals surface area (Å²) in [5, 5.41) is 10.1. The number of rotatable bonds is 9. The monoisotopic (exact) mass is 594 g/mol. The third-order valence-electron chi connectivity index (χ3n) is 7.31. The van der Waals surface area contributed by atoms with Crippen LogP contribution in [0.5, 0.6) is 0 Å². The topological polar surface area (TPSA) is 106 Å². The molecule has 5 rings (SSSR count). The maximum absolute atomic E-state index is 14.7. The van der Waals surface area contributed by atoms with Crippen molar-refractivity contribution in [1.29, 1.82) is 0 Å². The maximum Gasteiger partial charge on any atom is 0.406 e. The Balaban J connectivity index is 1.39. The molecule has 1 saturated heterocycles. The van der Waals surface area contributed by atoms with Gasteiger partial charge in [-0.15, -0.1) is 0 Å². The fraction of sp³-hybridized carbons (Fsp3) is 0.481. The van der Waals surface area contributed by atoms with Crippen molar-refractivity contribution in [3.05, 3.63) is 48.4 Å². The summed E-state index contributed by atoms with van der Waals surface area (Å²) in [6.45, 7) is 2.06. The Labute approximate surface area is 237 Å². The lowest BCUT2D eigenvalue weighted by Gasteiger charge is -2.33. The molecule has 1 aliphatic heterocycles. The second-order valence-corrected chi connectivity index (χ2v) is 11.1. The number of likely N-dealkylation sites (tertiary alicyclic amines) is 1. The fourth-order valence-corrected chi connectivity index (χ4v) is 4.88. The van der Waals surface area contributed by atoms with Gasteiger partial charge in [-0.1, -0.05) is 11.2 Å². The molecule has 0 unspecified atom stereocenters. The Hall–Kier alpha value is -4.01. The van der Waals surface area contributed by atoms with Crippen molar-refractivity contribution in [3.8, 4) is 11.5 Å². The van der Waals surface area contributed by atoms with Crippen LogP contribution in [-0.2, 0) is 18.6 Å². The van der Waals surface area contributed by atoms with Crippen LogP contribution in [0.25, 0.3) is 22.4 Å². The highest BCUT2D eigenvalue weighted by atomic mass is 19.4. The highest BCUT2D eigenvalue weighted by Crippen LogP contribution is 2.35. The Morgan fingerprint density at radius 3 is 2.74 bits per heavy atom. The van der Waals surface area contributed by atoms with Gasteiger partial charge in [0.1, 0.15) is 25.1 Å². The fourth-order valence-electron chi connectivity index (χ4n) is 4.88. The molecule has 1 aliphatic rings. The number of benzene rings is 1. The van der Waals surface area contributed by atoms with Gasteiger partial charge in [0, 0.05) is 30.4 Å². The van der Waals surface area contributed by atoms with E-state index in [9.17, 15) is 26.7 Å².